The van der Waals surface area contributed by atoms with Gasteiger partial charge in [0.1, 0.15) is 6.10 Å². The lowest BCUT2D eigenvalue weighted by Crippen LogP contribution is -1.94. The highest BCUT2D eigenvalue weighted by molar-refractivity contribution is 5.53. The zero-order valence-electron chi connectivity index (χ0n) is 8.75. The summed E-state index contributed by atoms with van der Waals surface area (Å²) in [6.07, 6.45) is 7.97. The van der Waals surface area contributed by atoms with Crippen LogP contribution in [0.25, 0.3) is 5.52 Å². The molecular weight excluding hydrogens is 190 g/mol. The van der Waals surface area contributed by atoms with Crippen LogP contribution in [-0.4, -0.2) is 19.7 Å². The molecule has 0 aliphatic rings. The van der Waals surface area contributed by atoms with Crippen LogP contribution in [0, 0.1) is 0 Å². The van der Waals surface area contributed by atoms with Crippen LogP contribution in [0.4, 0.5) is 0 Å². The molecule has 0 aliphatic heterocycles. The maximum absolute atomic E-state index is 9.92. The molecule has 4 heteroatoms. The van der Waals surface area contributed by atoms with E-state index in [0.29, 0.717) is 0 Å². The number of aliphatic hydroxyl groups is 1. The van der Waals surface area contributed by atoms with Crippen LogP contribution in [0.1, 0.15) is 25.5 Å². The molecule has 0 fully saturated rings. The van der Waals surface area contributed by atoms with Gasteiger partial charge in [-0.3, -0.25) is 4.98 Å². The van der Waals surface area contributed by atoms with E-state index in [1.807, 2.05) is 13.8 Å². The minimum Gasteiger partial charge on any atom is -0.384 e. The van der Waals surface area contributed by atoms with Crippen molar-refractivity contribution in [3.63, 3.8) is 0 Å². The van der Waals surface area contributed by atoms with Gasteiger partial charge >= 0.3 is 0 Å². The van der Waals surface area contributed by atoms with Crippen molar-refractivity contribution in [1.29, 1.82) is 0 Å². The van der Waals surface area contributed by atoms with Crippen LogP contribution in [0.3, 0.4) is 0 Å². The Kier molecular flexibility index (Phi) is 2.51. The Hall–Kier alpha value is -1.68. The molecule has 0 spiro atoms. The first-order chi connectivity index (χ1) is 7.18. The minimum absolute atomic E-state index is 0.614. The number of nitrogens with zero attached hydrogens (tertiary/aromatic N) is 3. The van der Waals surface area contributed by atoms with E-state index in [-0.39, 0.29) is 0 Å². The maximum atomic E-state index is 9.92. The Morgan fingerprint density at radius 3 is 3.00 bits per heavy atom. The molecule has 2 aromatic rings. The number of aliphatic hydroxyl groups excluding tert-OH is 1. The molecule has 0 bridgehead atoms. The van der Waals surface area contributed by atoms with Gasteiger partial charge in [-0.05, 0) is 13.8 Å². The van der Waals surface area contributed by atoms with Gasteiger partial charge in [0, 0.05) is 18.0 Å². The van der Waals surface area contributed by atoms with Gasteiger partial charge in [0.25, 0.3) is 0 Å². The quantitative estimate of drug-likeness (QED) is 0.756. The molecule has 1 atom stereocenters. The van der Waals surface area contributed by atoms with E-state index in [2.05, 4.69) is 10.1 Å². The molecule has 2 rings (SSSR count). The highest BCUT2D eigenvalue weighted by Crippen LogP contribution is 2.20. The van der Waals surface area contributed by atoms with Crippen molar-refractivity contribution >= 4 is 5.52 Å². The fraction of sp³-hybridized carbons (Fsp3) is 0.273. The predicted octanol–water partition coefficient (Wildman–Crippen LogP) is 1.73. The number of hydrogen-bond donors (Lipinski definition) is 1. The summed E-state index contributed by atoms with van der Waals surface area (Å²) >= 11 is 0. The highest BCUT2D eigenvalue weighted by Gasteiger charge is 2.10. The van der Waals surface area contributed by atoms with Crippen molar-refractivity contribution in [2.75, 3.05) is 0 Å². The first kappa shape index (κ1) is 9.86. The average Bonchev–Trinajstić information content (AvgIpc) is 2.59. The lowest BCUT2D eigenvalue weighted by Gasteiger charge is -2.03. The van der Waals surface area contributed by atoms with Gasteiger partial charge in [-0.2, -0.15) is 5.10 Å². The first-order valence-corrected chi connectivity index (χ1v) is 4.79. The lowest BCUT2D eigenvalue weighted by molar-refractivity contribution is 0.229. The molecule has 0 radical (unpaired) electrons. The predicted molar refractivity (Wildman–Crippen MR) is 57.4 cm³/mol. The molecule has 2 aromatic heterocycles. The van der Waals surface area contributed by atoms with Crippen molar-refractivity contribution in [3.8, 4) is 0 Å². The van der Waals surface area contributed by atoms with Crippen molar-refractivity contribution in [1.82, 2.24) is 14.6 Å². The van der Waals surface area contributed by atoms with Gasteiger partial charge < -0.3 is 5.11 Å². The number of aromatic nitrogens is 3. The van der Waals surface area contributed by atoms with Crippen molar-refractivity contribution in [2.24, 2.45) is 0 Å². The van der Waals surface area contributed by atoms with Gasteiger partial charge in [-0.1, -0.05) is 11.6 Å². The van der Waals surface area contributed by atoms with Crippen molar-refractivity contribution in [2.45, 2.75) is 20.0 Å². The molecule has 2 heterocycles. The van der Waals surface area contributed by atoms with Crippen LogP contribution in [-0.2, 0) is 0 Å². The Labute approximate surface area is 87.9 Å². The number of fused-ring (bicyclic) bond motifs is 1. The molecule has 0 saturated heterocycles. The van der Waals surface area contributed by atoms with E-state index in [9.17, 15) is 5.11 Å². The molecule has 0 amide bonds. The molecule has 15 heavy (non-hydrogen) atoms. The zero-order chi connectivity index (χ0) is 10.8. The normalized spacial score (nSPS) is 12.7. The summed E-state index contributed by atoms with van der Waals surface area (Å²) in [6.45, 7) is 3.90. The third kappa shape index (κ3) is 1.89. The van der Waals surface area contributed by atoms with E-state index in [1.165, 1.54) is 0 Å². The van der Waals surface area contributed by atoms with Crippen LogP contribution >= 0.6 is 0 Å². The van der Waals surface area contributed by atoms with Crippen LogP contribution in [0.15, 0.2) is 36.4 Å². The third-order valence-corrected chi connectivity index (χ3v) is 2.16. The molecule has 0 aromatic carbocycles. The molecule has 78 valence electrons. The standard InChI is InChI=1S/C11H13N3O/c1-8(2)5-11(15)9-6-13-14-4-3-12-7-10(9)14/h3-7,11,15H,1-2H3. The summed E-state index contributed by atoms with van der Waals surface area (Å²) in [6, 6.07) is 0. The molecule has 0 aliphatic carbocycles. The van der Waals surface area contributed by atoms with Gasteiger partial charge in [0.15, 0.2) is 0 Å². The molecule has 4 nitrogen and oxygen atoms in total. The average molecular weight is 203 g/mol. The monoisotopic (exact) mass is 203 g/mol. The number of rotatable bonds is 2. The molecule has 1 unspecified atom stereocenters. The molecule has 0 saturated carbocycles. The van der Waals surface area contributed by atoms with Gasteiger partial charge in [-0.15, -0.1) is 0 Å². The number of hydrogen-bond acceptors (Lipinski definition) is 3. The van der Waals surface area contributed by atoms with Crippen molar-refractivity contribution in [3.05, 3.63) is 42.0 Å². The lowest BCUT2D eigenvalue weighted by atomic mass is 10.1. The highest BCUT2D eigenvalue weighted by atomic mass is 16.3. The summed E-state index contributed by atoms with van der Waals surface area (Å²) in [5.41, 5.74) is 2.69. The first-order valence-electron chi connectivity index (χ1n) is 4.79. The third-order valence-electron chi connectivity index (χ3n) is 2.16. The second kappa shape index (κ2) is 3.82. The maximum Gasteiger partial charge on any atom is 0.101 e. The Morgan fingerprint density at radius 2 is 2.27 bits per heavy atom. The Bertz CT molecular complexity index is 497. The second-order valence-electron chi connectivity index (χ2n) is 3.69. The topological polar surface area (TPSA) is 50.4 Å². The summed E-state index contributed by atoms with van der Waals surface area (Å²) in [5, 5.41) is 14.1. The molecule has 1 N–H and O–H groups in total. The minimum atomic E-state index is -0.614. The fourth-order valence-electron chi connectivity index (χ4n) is 1.49. The Morgan fingerprint density at radius 1 is 1.47 bits per heavy atom. The van der Waals surface area contributed by atoms with Crippen LogP contribution in [0.5, 0.6) is 0 Å². The van der Waals surface area contributed by atoms with E-state index >= 15 is 0 Å². The molecular formula is C11H13N3O. The van der Waals surface area contributed by atoms with Crippen LogP contribution in [0.2, 0.25) is 0 Å². The van der Waals surface area contributed by atoms with Crippen molar-refractivity contribution < 1.29 is 5.11 Å². The second-order valence-corrected chi connectivity index (χ2v) is 3.69. The smallest absolute Gasteiger partial charge is 0.101 e. The zero-order valence-corrected chi connectivity index (χ0v) is 8.75. The van der Waals surface area contributed by atoms with E-state index in [4.69, 9.17) is 0 Å². The summed E-state index contributed by atoms with van der Waals surface area (Å²) < 4.78 is 1.70. The summed E-state index contributed by atoms with van der Waals surface area (Å²) in [5.74, 6) is 0. The van der Waals surface area contributed by atoms with Crippen LogP contribution < -0.4 is 0 Å². The van der Waals surface area contributed by atoms with Gasteiger partial charge in [-0.25, -0.2) is 4.52 Å². The largest absolute Gasteiger partial charge is 0.384 e. The number of allylic oxidation sites excluding steroid dienone is 1. The summed E-state index contributed by atoms with van der Waals surface area (Å²) in [7, 11) is 0. The Balaban J connectivity index is 2.48. The van der Waals surface area contributed by atoms with E-state index < -0.39 is 6.10 Å². The summed E-state index contributed by atoms with van der Waals surface area (Å²) in [4.78, 5) is 4.01. The van der Waals surface area contributed by atoms with E-state index in [1.54, 1.807) is 35.4 Å². The fourth-order valence-corrected chi connectivity index (χ4v) is 1.49. The van der Waals surface area contributed by atoms with E-state index in [0.717, 1.165) is 16.7 Å². The van der Waals surface area contributed by atoms with Gasteiger partial charge in [0.05, 0.1) is 17.9 Å². The SMILES string of the molecule is CC(C)=CC(O)c1cnn2ccncc12. The van der Waals surface area contributed by atoms with Gasteiger partial charge in [0.2, 0.25) is 0 Å².